The molecule has 1 heterocycles. The van der Waals surface area contributed by atoms with Crippen LogP contribution in [0, 0.1) is 13.8 Å². The van der Waals surface area contributed by atoms with E-state index in [9.17, 15) is 14.4 Å². The molecule has 1 fully saturated rings. The highest BCUT2D eigenvalue weighted by molar-refractivity contribution is 5.93. The van der Waals surface area contributed by atoms with Gasteiger partial charge in [-0.3, -0.25) is 9.59 Å². The van der Waals surface area contributed by atoms with E-state index in [0.29, 0.717) is 18.0 Å². The molecular formula is C22H26N2O4. The van der Waals surface area contributed by atoms with Crippen molar-refractivity contribution in [2.75, 3.05) is 6.61 Å². The molecule has 1 aromatic heterocycles. The van der Waals surface area contributed by atoms with E-state index in [0.717, 1.165) is 29.8 Å². The summed E-state index contributed by atoms with van der Waals surface area (Å²) in [5, 5.41) is 2.66. The first-order valence-corrected chi connectivity index (χ1v) is 9.56. The van der Waals surface area contributed by atoms with Crippen molar-refractivity contribution in [2.24, 2.45) is 0 Å². The highest BCUT2D eigenvalue weighted by Gasteiger charge is 2.29. The Balaban J connectivity index is 1.56. The van der Waals surface area contributed by atoms with E-state index >= 15 is 0 Å². The smallest absolute Gasteiger partial charge is 0.340 e. The molecule has 0 saturated heterocycles. The third-order valence-electron chi connectivity index (χ3n) is 5.06. The molecule has 0 spiro atoms. The second-order valence-electron chi connectivity index (χ2n) is 7.38. The van der Waals surface area contributed by atoms with Gasteiger partial charge in [-0.1, -0.05) is 30.3 Å². The number of ketones is 1. The van der Waals surface area contributed by atoms with Crippen molar-refractivity contribution >= 4 is 17.7 Å². The number of nitrogens with zero attached hydrogens (tertiary/aromatic N) is 1. The van der Waals surface area contributed by atoms with Crippen LogP contribution in [0.15, 0.2) is 36.4 Å². The lowest BCUT2D eigenvalue weighted by molar-refractivity contribution is -0.128. The zero-order valence-corrected chi connectivity index (χ0v) is 16.5. The molecule has 2 aromatic rings. The van der Waals surface area contributed by atoms with E-state index in [2.05, 4.69) is 9.88 Å². The van der Waals surface area contributed by atoms with Gasteiger partial charge in [0, 0.05) is 17.4 Å². The first kappa shape index (κ1) is 19.9. The maximum absolute atomic E-state index is 12.4. The maximum atomic E-state index is 12.4. The Morgan fingerprint density at radius 1 is 1.18 bits per heavy atom. The second kappa shape index (κ2) is 8.42. The SMILES string of the molecule is CC(=O)[C@H](Cc1ccccc1)NC(=O)COC(=O)c1cc(C)n(C2CC2)c1C. The summed E-state index contributed by atoms with van der Waals surface area (Å²) in [7, 11) is 0. The first-order valence-electron chi connectivity index (χ1n) is 9.56. The average molecular weight is 382 g/mol. The number of carbonyl (C=O) groups excluding carboxylic acids is 3. The van der Waals surface area contributed by atoms with Gasteiger partial charge in [0.25, 0.3) is 5.91 Å². The van der Waals surface area contributed by atoms with Gasteiger partial charge in [-0.25, -0.2) is 4.79 Å². The van der Waals surface area contributed by atoms with Crippen molar-refractivity contribution in [3.05, 3.63) is 58.9 Å². The Morgan fingerprint density at radius 3 is 2.46 bits per heavy atom. The Kier molecular flexibility index (Phi) is 5.97. The zero-order chi connectivity index (χ0) is 20.3. The number of aromatic nitrogens is 1. The molecule has 28 heavy (non-hydrogen) atoms. The molecule has 1 atom stereocenters. The quantitative estimate of drug-likeness (QED) is 0.712. The van der Waals surface area contributed by atoms with Gasteiger partial charge in [0.1, 0.15) is 0 Å². The fraction of sp³-hybridized carbons (Fsp3) is 0.409. The van der Waals surface area contributed by atoms with Crippen molar-refractivity contribution in [3.63, 3.8) is 0 Å². The molecule has 0 aliphatic heterocycles. The van der Waals surface area contributed by atoms with Gasteiger partial charge in [0.2, 0.25) is 0 Å². The molecule has 1 saturated carbocycles. The number of Topliss-reactive ketones (excluding diaryl/α,β-unsaturated/α-hetero) is 1. The lowest BCUT2D eigenvalue weighted by Gasteiger charge is -2.16. The fourth-order valence-corrected chi connectivity index (χ4v) is 3.47. The van der Waals surface area contributed by atoms with E-state index < -0.39 is 24.5 Å². The number of rotatable bonds is 8. The van der Waals surface area contributed by atoms with Crippen LogP contribution in [-0.2, 0) is 20.7 Å². The lowest BCUT2D eigenvalue weighted by Crippen LogP contribution is -2.43. The van der Waals surface area contributed by atoms with Crippen LogP contribution in [0.4, 0.5) is 0 Å². The number of ether oxygens (including phenoxy) is 1. The predicted octanol–water partition coefficient (Wildman–Crippen LogP) is 2.91. The summed E-state index contributed by atoms with van der Waals surface area (Å²) in [4.78, 5) is 36.5. The minimum Gasteiger partial charge on any atom is -0.452 e. The Labute approximate surface area is 164 Å². The van der Waals surface area contributed by atoms with Crippen LogP contribution < -0.4 is 5.32 Å². The number of carbonyl (C=O) groups is 3. The van der Waals surface area contributed by atoms with Crippen LogP contribution in [0.5, 0.6) is 0 Å². The summed E-state index contributed by atoms with van der Waals surface area (Å²) < 4.78 is 7.35. The van der Waals surface area contributed by atoms with Gasteiger partial charge < -0.3 is 14.6 Å². The number of aryl methyl sites for hydroxylation is 1. The monoisotopic (exact) mass is 382 g/mol. The summed E-state index contributed by atoms with van der Waals surface area (Å²) >= 11 is 0. The minimum absolute atomic E-state index is 0.142. The number of benzene rings is 1. The summed E-state index contributed by atoms with van der Waals surface area (Å²) in [6.45, 7) is 4.89. The van der Waals surface area contributed by atoms with Crippen molar-refractivity contribution in [2.45, 2.75) is 52.1 Å². The van der Waals surface area contributed by atoms with Crippen molar-refractivity contribution in [3.8, 4) is 0 Å². The third-order valence-corrected chi connectivity index (χ3v) is 5.06. The van der Waals surface area contributed by atoms with E-state index in [-0.39, 0.29) is 5.78 Å². The van der Waals surface area contributed by atoms with Crippen LogP contribution in [0.1, 0.15) is 53.1 Å². The van der Waals surface area contributed by atoms with Crippen LogP contribution in [0.3, 0.4) is 0 Å². The maximum Gasteiger partial charge on any atom is 0.340 e. The van der Waals surface area contributed by atoms with E-state index in [1.165, 1.54) is 6.92 Å². The van der Waals surface area contributed by atoms with E-state index in [1.54, 1.807) is 0 Å². The molecule has 0 radical (unpaired) electrons. The van der Waals surface area contributed by atoms with Gasteiger partial charge in [-0.2, -0.15) is 0 Å². The first-order chi connectivity index (χ1) is 13.4. The van der Waals surface area contributed by atoms with Crippen LogP contribution in [-0.4, -0.2) is 34.9 Å². The van der Waals surface area contributed by atoms with Gasteiger partial charge in [0.15, 0.2) is 12.4 Å². The molecule has 1 aliphatic rings. The molecule has 148 valence electrons. The molecule has 6 nitrogen and oxygen atoms in total. The highest BCUT2D eigenvalue weighted by Crippen LogP contribution is 2.38. The summed E-state index contributed by atoms with van der Waals surface area (Å²) in [6.07, 6.45) is 2.65. The number of hydrogen-bond donors (Lipinski definition) is 1. The molecule has 1 amide bonds. The lowest BCUT2D eigenvalue weighted by atomic mass is 10.0. The topological polar surface area (TPSA) is 77.4 Å². The Morgan fingerprint density at radius 2 is 1.86 bits per heavy atom. The third kappa shape index (κ3) is 4.68. The van der Waals surface area contributed by atoms with Gasteiger partial charge in [-0.05, 0) is 51.7 Å². The van der Waals surface area contributed by atoms with Crippen molar-refractivity contribution in [1.29, 1.82) is 0 Å². The predicted molar refractivity (Wildman–Crippen MR) is 105 cm³/mol. The van der Waals surface area contributed by atoms with Crippen LogP contribution in [0.25, 0.3) is 0 Å². The molecule has 3 rings (SSSR count). The van der Waals surface area contributed by atoms with Crippen molar-refractivity contribution < 1.29 is 19.1 Å². The highest BCUT2D eigenvalue weighted by atomic mass is 16.5. The van der Waals surface area contributed by atoms with Gasteiger partial charge in [-0.15, -0.1) is 0 Å². The molecular weight excluding hydrogens is 356 g/mol. The van der Waals surface area contributed by atoms with Gasteiger partial charge in [0.05, 0.1) is 11.6 Å². The number of esters is 1. The zero-order valence-electron chi connectivity index (χ0n) is 16.5. The van der Waals surface area contributed by atoms with Gasteiger partial charge >= 0.3 is 5.97 Å². The van der Waals surface area contributed by atoms with E-state index in [4.69, 9.17) is 4.74 Å². The van der Waals surface area contributed by atoms with E-state index in [1.807, 2.05) is 50.2 Å². The van der Waals surface area contributed by atoms with Crippen molar-refractivity contribution in [1.82, 2.24) is 9.88 Å². The molecule has 0 bridgehead atoms. The number of amides is 1. The number of nitrogens with one attached hydrogen (secondary N) is 1. The number of hydrogen-bond acceptors (Lipinski definition) is 4. The second-order valence-corrected chi connectivity index (χ2v) is 7.38. The molecule has 1 N–H and O–H groups in total. The average Bonchev–Trinajstić information content (AvgIpc) is 3.44. The Hall–Kier alpha value is -2.89. The summed E-state index contributed by atoms with van der Waals surface area (Å²) in [5.41, 5.74) is 3.34. The van der Waals surface area contributed by atoms with Crippen LogP contribution in [0.2, 0.25) is 0 Å². The molecule has 1 aromatic carbocycles. The summed E-state index contributed by atoms with van der Waals surface area (Å²) in [5.74, 6) is -1.14. The largest absolute Gasteiger partial charge is 0.452 e. The Bertz CT molecular complexity index is 881. The molecule has 1 aliphatic carbocycles. The molecule has 0 unspecified atom stereocenters. The fourth-order valence-electron chi connectivity index (χ4n) is 3.47. The minimum atomic E-state index is -0.645. The summed E-state index contributed by atoms with van der Waals surface area (Å²) in [6, 6.07) is 11.1. The standard InChI is InChI=1S/C22H26N2O4/c1-14-11-19(15(2)24(14)18-9-10-18)22(27)28-13-21(26)23-20(16(3)25)12-17-7-5-4-6-8-17/h4-8,11,18,20H,9-10,12-13H2,1-3H3,(H,23,26)/t20-/m0/s1. The molecule has 6 heteroatoms. The normalized spacial score (nSPS) is 14.4. The van der Waals surface area contributed by atoms with Crippen LogP contribution >= 0.6 is 0 Å².